The van der Waals surface area contributed by atoms with Crippen LogP contribution in [-0.4, -0.2) is 47.3 Å². The second-order valence-corrected chi connectivity index (χ2v) is 6.88. The molecule has 1 aromatic heterocycles. The monoisotopic (exact) mass is 341 g/mol. The van der Waals surface area contributed by atoms with Gasteiger partial charge in [-0.25, -0.2) is 4.98 Å². The predicted octanol–water partition coefficient (Wildman–Crippen LogP) is 3.10. The summed E-state index contributed by atoms with van der Waals surface area (Å²) in [5, 5.41) is 0. The summed E-state index contributed by atoms with van der Waals surface area (Å²) in [5.41, 5.74) is 3.86. The van der Waals surface area contributed by atoms with Gasteiger partial charge in [0, 0.05) is 43.0 Å². The molecule has 0 unspecified atom stereocenters. The first kappa shape index (κ1) is 15.9. The van der Waals surface area contributed by atoms with Crippen LogP contribution in [0, 0.1) is 4.64 Å². The number of fused-ring (bicyclic) bond motifs is 1. The van der Waals surface area contributed by atoms with Crippen LogP contribution < -0.4 is 0 Å². The smallest absolute Gasteiger partial charge is 0.141 e. The third kappa shape index (κ3) is 3.16. The normalized spacial score (nSPS) is 17.8. The highest BCUT2D eigenvalue weighted by Gasteiger charge is 2.21. The molecular formula is C19H23N3OS. The summed E-state index contributed by atoms with van der Waals surface area (Å²) in [5.74, 6) is 1.02. The Morgan fingerprint density at radius 3 is 2.62 bits per heavy atom. The maximum atomic E-state index is 5.58. The highest BCUT2D eigenvalue weighted by molar-refractivity contribution is 7.71. The van der Waals surface area contributed by atoms with Gasteiger partial charge in [0.25, 0.3) is 0 Å². The van der Waals surface area contributed by atoms with Crippen molar-refractivity contribution in [3.63, 3.8) is 0 Å². The maximum Gasteiger partial charge on any atom is 0.141 e. The fraction of sp³-hybridized carbons (Fsp3) is 0.474. The van der Waals surface area contributed by atoms with E-state index in [9.17, 15) is 0 Å². The minimum absolute atomic E-state index is 0.795. The van der Waals surface area contributed by atoms with Crippen LogP contribution in [0.15, 0.2) is 30.3 Å². The number of hydrogen-bond acceptors (Lipinski definition) is 4. The molecule has 0 saturated carbocycles. The zero-order valence-corrected chi connectivity index (χ0v) is 14.7. The van der Waals surface area contributed by atoms with Crippen LogP contribution in [0.2, 0.25) is 0 Å². The molecule has 24 heavy (non-hydrogen) atoms. The Kier molecular flexibility index (Phi) is 4.74. The summed E-state index contributed by atoms with van der Waals surface area (Å²) in [6, 6.07) is 10.4. The molecular weight excluding hydrogens is 318 g/mol. The van der Waals surface area contributed by atoms with Crippen molar-refractivity contribution >= 4 is 12.2 Å². The van der Waals surface area contributed by atoms with Gasteiger partial charge in [0.2, 0.25) is 0 Å². The van der Waals surface area contributed by atoms with E-state index in [1.165, 1.54) is 17.7 Å². The average molecular weight is 341 g/mol. The standard InChI is InChI=1S/C19H23N3OS/c24-19-16-7-4-8-17(16)22(10-9-21-11-13-23-14-12-21)18(20-19)15-5-2-1-3-6-15/h1-3,5-6H,4,7-14H2. The minimum atomic E-state index is 0.795. The van der Waals surface area contributed by atoms with Crippen molar-refractivity contribution in [2.24, 2.45) is 0 Å². The number of hydrogen-bond donors (Lipinski definition) is 0. The van der Waals surface area contributed by atoms with Gasteiger partial charge >= 0.3 is 0 Å². The lowest BCUT2D eigenvalue weighted by atomic mass is 10.1. The van der Waals surface area contributed by atoms with Crippen molar-refractivity contribution in [1.29, 1.82) is 0 Å². The van der Waals surface area contributed by atoms with E-state index in [2.05, 4.69) is 33.7 Å². The van der Waals surface area contributed by atoms with Crippen LogP contribution in [0.5, 0.6) is 0 Å². The summed E-state index contributed by atoms with van der Waals surface area (Å²) in [4.78, 5) is 7.29. The van der Waals surface area contributed by atoms with Crippen molar-refractivity contribution in [3.8, 4) is 11.4 Å². The Hall–Kier alpha value is -1.56. The van der Waals surface area contributed by atoms with Gasteiger partial charge in [-0.1, -0.05) is 42.5 Å². The molecule has 0 radical (unpaired) electrons. The summed E-state index contributed by atoms with van der Waals surface area (Å²) in [6.07, 6.45) is 3.38. The number of rotatable bonds is 4. The number of morpholine rings is 1. The summed E-state index contributed by atoms with van der Waals surface area (Å²) >= 11 is 5.58. The molecule has 0 atom stereocenters. The van der Waals surface area contributed by atoms with Crippen molar-refractivity contribution in [2.75, 3.05) is 32.8 Å². The first-order valence-corrected chi connectivity index (χ1v) is 9.22. The molecule has 1 aliphatic heterocycles. The molecule has 5 heteroatoms. The lowest BCUT2D eigenvalue weighted by Gasteiger charge is -2.28. The van der Waals surface area contributed by atoms with Crippen LogP contribution >= 0.6 is 12.2 Å². The molecule has 2 aromatic rings. The second-order valence-electron chi connectivity index (χ2n) is 6.49. The zero-order chi connectivity index (χ0) is 16.4. The van der Waals surface area contributed by atoms with Gasteiger partial charge in [-0.3, -0.25) is 4.90 Å². The molecule has 0 amide bonds. The van der Waals surface area contributed by atoms with Crippen molar-refractivity contribution in [1.82, 2.24) is 14.5 Å². The molecule has 2 aliphatic rings. The Bertz CT molecular complexity index is 766. The summed E-state index contributed by atoms with van der Waals surface area (Å²) < 4.78 is 8.67. The first-order valence-electron chi connectivity index (χ1n) is 8.81. The van der Waals surface area contributed by atoms with Crippen LogP contribution in [0.1, 0.15) is 17.7 Å². The van der Waals surface area contributed by atoms with Crippen LogP contribution in [0.4, 0.5) is 0 Å². The van der Waals surface area contributed by atoms with E-state index in [0.29, 0.717) is 0 Å². The largest absolute Gasteiger partial charge is 0.379 e. The maximum absolute atomic E-state index is 5.58. The van der Waals surface area contributed by atoms with E-state index >= 15 is 0 Å². The van der Waals surface area contributed by atoms with Crippen molar-refractivity contribution < 1.29 is 4.74 Å². The Morgan fingerprint density at radius 2 is 1.83 bits per heavy atom. The van der Waals surface area contributed by atoms with E-state index in [4.69, 9.17) is 21.9 Å². The molecule has 0 bridgehead atoms. The van der Waals surface area contributed by atoms with E-state index in [-0.39, 0.29) is 0 Å². The third-order valence-electron chi connectivity index (χ3n) is 5.01. The highest BCUT2D eigenvalue weighted by Crippen LogP contribution is 2.27. The van der Waals surface area contributed by atoms with E-state index in [1.54, 1.807) is 0 Å². The Morgan fingerprint density at radius 1 is 1.04 bits per heavy atom. The molecule has 0 spiro atoms. The van der Waals surface area contributed by atoms with E-state index in [1.807, 2.05) is 6.07 Å². The van der Waals surface area contributed by atoms with Gasteiger partial charge in [0.1, 0.15) is 10.5 Å². The minimum Gasteiger partial charge on any atom is -0.379 e. The van der Waals surface area contributed by atoms with Gasteiger partial charge in [-0.15, -0.1) is 0 Å². The Labute approximate surface area is 148 Å². The van der Waals surface area contributed by atoms with Crippen molar-refractivity contribution in [3.05, 3.63) is 46.2 Å². The molecule has 1 fully saturated rings. The van der Waals surface area contributed by atoms with Gasteiger partial charge in [0.15, 0.2) is 0 Å². The molecule has 1 saturated heterocycles. The van der Waals surface area contributed by atoms with Gasteiger partial charge < -0.3 is 9.30 Å². The van der Waals surface area contributed by atoms with Crippen LogP contribution in [-0.2, 0) is 24.1 Å². The molecule has 126 valence electrons. The first-order chi connectivity index (χ1) is 11.8. The zero-order valence-electron chi connectivity index (χ0n) is 13.9. The quantitative estimate of drug-likeness (QED) is 0.800. The fourth-order valence-electron chi connectivity index (χ4n) is 3.72. The summed E-state index contributed by atoms with van der Waals surface area (Å²) in [6.45, 7) is 5.75. The van der Waals surface area contributed by atoms with Gasteiger partial charge in [-0.2, -0.15) is 0 Å². The van der Waals surface area contributed by atoms with Crippen molar-refractivity contribution in [2.45, 2.75) is 25.8 Å². The average Bonchev–Trinajstić information content (AvgIpc) is 3.13. The predicted molar refractivity (Wildman–Crippen MR) is 97.8 cm³/mol. The van der Waals surface area contributed by atoms with Gasteiger partial charge in [0.05, 0.1) is 13.2 Å². The SMILES string of the molecule is S=c1nc(-c2ccccc2)n(CCN2CCOCC2)c2c1CCC2. The fourth-order valence-corrected chi connectivity index (χ4v) is 4.03. The number of ether oxygens (including phenoxy) is 1. The molecule has 1 aliphatic carbocycles. The van der Waals surface area contributed by atoms with E-state index < -0.39 is 0 Å². The highest BCUT2D eigenvalue weighted by atomic mass is 32.1. The van der Waals surface area contributed by atoms with E-state index in [0.717, 1.165) is 68.3 Å². The number of nitrogens with zero attached hydrogens (tertiary/aromatic N) is 3. The molecule has 4 nitrogen and oxygen atoms in total. The number of aromatic nitrogens is 2. The molecule has 0 N–H and O–H groups in total. The van der Waals surface area contributed by atoms with Crippen LogP contribution in [0.3, 0.4) is 0 Å². The lowest BCUT2D eigenvalue weighted by Crippen LogP contribution is -2.38. The van der Waals surface area contributed by atoms with Crippen LogP contribution in [0.25, 0.3) is 11.4 Å². The Balaban J connectivity index is 1.70. The lowest BCUT2D eigenvalue weighted by molar-refractivity contribution is 0.0363. The molecule has 4 rings (SSSR count). The molecule has 2 heterocycles. The van der Waals surface area contributed by atoms with Gasteiger partial charge in [-0.05, 0) is 19.3 Å². The topological polar surface area (TPSA) is 30.3 Å². The number of benzene rings is 1. The summed E-state index contributed by atoms with van der Waals surface area (Å²) in [7, 11) is 0. The molecule has 1 aromatic carbocycles. The second kappa shape index (κ2) is 7.13. The third-order valence-corrected chi connectivity index (χ3v) is 5.35.